The molecule has 1 saturated heterocycles. The summed E-state index contributed by atoms with van der Waals surface area (Å²) in [5, 5.41) is 5.28. The molecule has 0 spiro atoms. The summed E-state index contributed by atoms with van der Waals surface area (Å²) in [7, 11) is 0. The number of ether oxygens (including phenoxy) is 1. The Morgan fingerprint density at radius 3 is 2.21 bits per heavy atom. The second-order valence-corrected chi connectivity index (χ2v) is 8.08. The number of amides is 2. The van der Waals surface area contributed by atoms with Crippen LogP contribution in [0.15, 0.2) is 65.8 Å². The summed E-state index contributed by atoms with van der Waals surface area (Å²) < 4.78 is 5.81. The Morgan fingerprint density at radius 1 is 0.966 bits per heavy atom. The smallest absolute Gasteiger partial charge is 0.254 e. The number of carbonyl (C=O) groups excluding carboxylic acids is 2. The van der Waals surface area contributed by atoms with Crippen LogP contribution in [-0.2, 0) is 16.2 Å². The van der Waals surface area contributed by atoms with Crippen molar-refractivity contribution in [1.29, 1.82) is 0 Å². The van der Waals surface area contributed by atoms with Crippen LogP contribution in [0.2, 0.25) is 0 Å². The number of allylic oxidation sites excluding steroid dienone is 2. The van der Waals surface area contributed by atoms with E-state index in [4.69, 9.17) is 4.74 Å². The molecule has 4 atom stereocenters. The molecule has 29 heavy (non-hydrogen) atoms. The molecule has 146 valence electrons. The van der Waals surface area contributed by atoms with Gasteiger partial charge < -0.3 is 4.74 Å². The minimum absolute atomic E-state index is 0.161. The lowest BCUT2D eigenvalue weighted by Gasteiger charge is -2.13. The fraction of sp³-hybridized carbons (Fsp3) is 0.292. The zero-order valence-corrected chi connectivity index (χ0v) is 16.2. The van der Waals surface area contributed by atoms with E-state index in [2.05, 4.69) is 48.4 Å². The average molecular weight is 386 g/mol. The van der Waals surface area contributed by atoms with Crippen molar-refractivity contribution in [2.24, 2.45) is 28.8 Å². The molecule has 0 N–H and O–H groups in total. The predicted molar refractivity (Wildman–Crippen MR) is 109 cm³/mol. The first-order valence-corrected chi connectivity index (χ1v) is 9.99. The second-order valence-electron chi connectivity index (χ2n) is 8.08. The fourth-order valence-corrected chi connectivity index (χ4v) is 4.63. The summed E-state index contributed by atoms with van der Waals surface area (Å²) in [6.07, 6.45) is 6.66. The normalized spacial score (nSPS) is 27.3. The van der Waals surface area contributed by atoms with E-state index in [-0.39, 0.29) is 35.5 Å². The van der Waals surface area contributed by atoms with Crippen LogP contribution in [-0.4, -0.2) is 23.0 Å². The van der Waals surface area contributed by atoms with E-state index in [0.717, 1.165) is 28.3 Å². The molecule has 5 nitrogen and oxygen atoms in total. The Balaban J connectivity index is 1.22. The third-order valence-electron chi connectivity index (χ3n) is 6.18. The van der Waals surface area contributed by atoms with Gasteiger partial charge in [0, 0.05) is 0 Å². The first kappa shape index (κ1) is 17.9. The van der Waals surface area contributed by atoms with Gasteiger partial charge in [0.1, 0.15) is 12.4 Å². The summed E-state index contributed by atoms with van der Waals surface area (Å²) in [5.41, 5.74) is 3.15. The zero-order valence-electron chi connectivity index (χ0n) is 16.2. The van der Waals surface area contributed by atoms with Gasteiger partial charge in [0.25, 0.3) is 11.8 Å². The molecule has 0 radical (unpaired) electrons. The third-order valence-corrected chi connectivity index (χ3v) is 6.18. The maximum Gasteiger partial charge on any atom is 0.254 e. The first-order valence-electron chi connectivity index (χ1n) is 9.99. The topological polar surface area (TPSA) is 59.0 Å². The highest BCUT2D eigenvalue weighted by Gasteiger charge is 2.59. The number of hydrogen-bond donors (Lipinski definition) is 0. The Morgan fingerprint density at radius 2 is 1.59 bits per heavy atom. The van der Waals surface area contributed by atoms with Crippen molar-refractivity contribution in [2.45, 2.75) is 20.0 Å². The van der Waals surface area contributed by atoms with Crippen molar-refractivity contribution >= 4 is 18.0 Å². The van der Waals surface area contributed by atoms with E-state index >= 15 is 0 Å². The number of benzene rings is 2. The quantitative estimate of drug-likeness (QED) is 0.447. The number of hydrogen-bond acceptors (Lipinski definition) is 4. The van der Waals surface area contributed by atoms with Crippen molar-refractivity contribution in [3.05, 3.63) is 77.4 Å². The van der Waals surface area contributed by atoms with E-state index in [1.54, 1.807) is 6.21 Å². The van der Waals surface area contributed by atoms with Gasteiger partial charge in [-0.25, -0.2) is 0 Å². The number of imide groups is 1. The summed E-state index contributed by atoms with van der Waals surface area (Å²) in [6, 6.07) is 15.7. The minimum atomic E-state index is -0.216. The molecule has 1 aliphatic heterocycles. The molecule has 3 aliphatic rings. The Bertz CT molecular complexity index is 977. The lowest BCUT2D eigenvalue weighted by atomic mass is 9.85. The van der Waals surface area contributed by atoms with Gasteiger partial charge in [0.15, 0.2) is 0 Å². The molecule has 1 heterocycles. The molecule has 2 bridgehead atoms. The van der Waals surface area contributed by atoms with Gasteiger partial charge in [-0.2, -0.15) is 10.1 Å². The number of hydrazone groups is 1. The molecule has 5 heteroatoms. The molecule has 2 aliphatic carbocycles. The first-order chi connectivity index (χ1) is 14.1. The summed E-state index contributed by atoms with van der Waals surface area (Å²) in [6.45, 7) is 2.56. The van der Waals surface area contributed by atoms with E-state index in [1.165, 1.54) is 5.56 Å². The highest BCUT2D eigenvalue weighted by Crippen LogP contribution is 2.52. The Hall–Kier alpha value is -3.21. The van der Waals surface area contributed by atoms with Crippen LogP contribution < -0.4 is 4.74 Å². The fourth-order valence-electron chi connectivity index (χ4n) is 4.63. The van der Waals surface area contributed by atoms with Gasteiger partial charge >= 0.3 is 0 Å². The van der Waals surface area contributed by atoms with Crippen molar-refractivity contribution in [3.63, 3.8) is 0 Å². The van der Waals surface area contributed by atoms with Gasteiger partial charge in [-0.05, 0) is 60.6 Å². The second kappa shape index (κ2) is 6.99. The molecule has 2 aromatic rings. The largest absolute Gasteiger partial charge is 0.489 e. The van der Waals surface area contributed by atoms with Crippen molar-refractivity contribution in [2.75, 3.05) is 0 Å². The van der Waals surface area contributed by atoms with Gasteiger partial charge in [-0.3, -0.25) is 9.59 Å². The third kappa shape index (κ3) is 3.16. The van der Waals surface area contributed by atoms with Crippen molar-refractivity contribution in [1.82, 2.24) is 5.01 Å². The molecular weight excluding hydrogens is 364 g/mol. The number of nitrogens with zero attached hydrogens (tertiary/aromatic N) is 2. The number of fused-ring (bicyclic) bond motifs is 5. The van der Waals surface area contributed by atoms with Gasteiger partial charge in [-0.15, -0.1) is 0 Å². The molecule has 2 aromatic carbocycles. The van der Waals surface area contributed by atoms with E-state index in [1.807, 2.05) is 24.3 Å². The van der Waals surface area contributed by atoms with E-state index in [0.29, 0.717) is 6.61 Å². The molecule has 0 unspecified atom stereocenters. The summed E-state index contributed by atoms with van der Waals surface area (Å²) >= 11 is 0. The van der Waals surface area contributed by atoms with Crippen LogP contribution in [0.1, 0.15) is 23.1 Å². The number of rotatable bonds is 5. The predicted octanol–water partition coefficient (Wildman–Crippen LogP) is 3.72. The highest BCUT2D eigenvalue weighted by molar-refractivity contribution is 6.06. The van der Waals surface area contributed by atoms with Crippen molar-refractivity contribution < 1.29 is 14.3 Å². The Labute approximate surface area is 169 Å². The SMILES string of the molecule is Cc1ccc(COc2ccc(/C=N\N3C(=O)[C@@H]4[C@@H](C3=O)[C@H]3C=C[C@H]4C3)cc2)cc1. The monoisotopic (exact) mass is 386 g/mol. The molecule has 2 amide bonds. The number of carbonyl (C=O) groups is 2. The number of aryl methyl sites for hydroxylation is 1. The van der Waals surface area contributed by atoms with Crippen LogP contribution in [0.4, 0.5) is 0 Å². The maximum atomic E-state index is 12.6. The van der Waals surface area contributed by atoms with E-state index < -0.39 is 0 Å². The molecule has 2 fully saturated rings. The molecule has 5 rings (SSSR count). The van der Waals surface area contributed by atoms with Crippen LogP contribution in [0.25, 0.3) is 0 Å². The van der Waals surface area contributed by atoms with Crippen LogP contribution in [0.3, 0.4) is 0 Å². The Kier molecular flexibility index (Phi) is 4.31. The van der Waals surface area contributed by atoms with Gasteiger partial charge in [0.05, 0.1) is 18.1 Å². The minimum Gasteiger partial charge on any atom is -0.489 e. The van der Waals surface area contributed by atoms with Gasteiger partial charge in [-0.1, -0.05) is 42.0 Å². The summed E-state index contributed by atoms with van der Waals surface area (Å²) in [5.74, 6) is 0.406. The standard InChI is InChI=1S/C24H22N2O3/c1-15-2-4-17(5-3-15)14-29-20-10-6-16(7-11-20)13-25-26-23(27)21-18-8-9-19(12-18)22(21)24(26)28/h2-11,13,18-19,21-22H,12,14H2,1H3/b25-13-/t18-,19-,21-,22-/m0/s1. The van der Waals surface area contributed by atoms with Crippen molar-refractivity contribution in [3.8, 4) is 5.75 Å². The van der Waals surface area contributed by atoms with Crippen LogP contribution >= 0.6 is 0 Å². The van der Waals surface area contributed by atoms with Gasteiger partial charge in [0.2, 0.25) is 0 Å². The molecule has 0 aromatic heterocycles. The highest BCUT2D eigenvalue weighted by atomic mass is 16.5. The molecular formula is C24H22N2O3. The summed E-state index contributed by atoms with van der Waals surface area (Å²) in [4.78, 5) is 25.3. The average Bonchev–Trinajstić information content (AvgIpc) is 3.41. The van der Waals surface area contributed by atoms with Crippen LogP contribution in [0.5, 0.6) is 5.75 Å². The lowest BCUT2D eigenvalue weighted by molar-refractivity contribution is -0.140. The van der Waals surface area contributed by atoms with E-state index in [9.17, 15) is 9.59 Å². The lowest BCUT2D eigenvalue weighted by Crippen LogP contribution is -2.28. The maximum absolute atomic E-state index is 12.6. The molecule has 1 saturated carbocycles. The zero-order chi connectivity index (χ0) is 20.0. The van der Waals surface area contributed by atoms with Crippen LogP contribution in [0, 0.1) is 30.6 Å².